The van der Waals surface area contributed by atoms with Crippen LogP contribution in [0, 0.1) is 0 Å². The van der Waals surface area contributed by atoms with Crippen LogP contribution in [0.15, 0.2) is 67.0 Å². The molecule has 2 N–H and O–H groups in total. The van der Waals surface area contributed by atoms with Gasteiger partial charge in [-0.1, -0.05) is 36.4 Å². The standard InChI is InChI=1S/C19H20N4O2/c1-25-18-10-6-5-7-16(18)13-21-19(24)20-11-15-12-22-23(14-15)17-8-3-2-4-9-17/h2-10,12,14H,11,13H2,1H3,(H2,20,21,24). The Hall–Kier alpha value is -3.28. The molecule has 0 atom stereocenters. The molecule has 6 nitrogen and oxygen atoms in total. The van der Waals surface area contributed by atoms with Crippen molar-refractivity contribution >= 4 is 6.03 Å². The summed E-state index contributed by atoms with van der Waals surface area (Å²) in [6.45, 7) is 0.809. The molecule has 0 fully saturated rings. The van der Waals surface area contributed by atoms with Crippen LogP contribution in [0.3, 0.4) is 0 Å². The predicted molar refractivity (Wildman–Crippen MR) is 95.6 cm³/mol. The summed E-state index contributed by atoms with van der Waals surface area (Å²) in [5.41, 5.74) is 2.84. The van der Waals surface area contributed by atoms with Crippen molar-refractivity contribution in [3.8, 4) is 11.4 Å². The van der Waals surface area contributed by atoms with Gasteiger partial charge in [0.2, 0.25) is 0 Å². The fraction of sp³-hybridized carbons (Fsp3) is 0.158. The van der Waals surface area contributed by atoms with Gasteiger partial charge >= 0.3 is 6.03 Å². The average Bonchev–Trinajstić information content (AvgIpc) is 3.14. The van der Waals surface area contributed by atoms with E-state index in [0.29, 0.717) is 13.1 Å². The maximum Gasteiger partial charge on any atom is 0.315 e. The second-order valence-corrected chi connectivity index (χ2v) is 5.48. The van der Waals surface area contributed by atoms with E-state index in [1.165, 1.54) is 0 Å². The van der Waals surface area contributed by atoms with Crippen LogP contribution in [0.5, 0.6) is 5.75 Å². The second kappa shape index (κ2) is 8.01. The van der Waals surface area contributed by atoms with Gasteiger partial charge in [-0.05, 0) is 18.2 Å². The molecule has 0 saturated carbocycles. The molecule has 0 spiro atoms. The highest BCUT2D eigenvalue weighted by Crippen LogP contribution is 2.16. The Kier molecular flexibility index (Phi) is 5.31. The minimum Gasteiger partial charge on any atom is -0.496 e. The molecule has 0 unspecified atom stereocenters. The number of ether oxygens (including phenoxy) is 1. The van der Waals surface area contributed by atoms with Crippen molar-refractivity contribution < 1.29 is 9.53 Å². The van der Waals surface area contributed by atoms with E-state index in [1.54, 1.807) is 18.0 Å². The molecule has 0 aliphatic rings. The summed E-state index contributed by atoms with van der Waals surface area (Å²) < 4.78 is 7.05. The normalized spacial score (nSPS) is 10.3. The summed E-state index contributed by atoms with van der Waals surface area (Å²) in [6.07, 6.45) is 3.64. The maximum absolute atomic E-state index is 12.0. The number of nitrogens with one attached hydrogen (secondary N) is 2. The van der Waals surface area contributed by atoms with Crippen molar-refractivity contribution in [1.29, 1.82) is 0 Å². The summed E-state index contributed by atoms with van der Waals surface area (Å²) in [5.74, 6) is 0.756. The summed E-state index contributed by atoms with van der Waals surface area (Å²) >= 11 is 0. The lowest BCUT2D eigenvalue weighted by Gasteiger charge is -2.10. The molecule has 2 amide bonds. The van der Waals surface area contributed by atoms with E-state index in [0.717, 1.165) is 22.6 Å². The van der Waals surface area contributed by atoms with Crippen molar-refractivity contribution in [2.75, 3.05) is 7.11 Å². The zero-order valence-corrected chi connectivity index (χ0v) is 14.0. The van der Waals surface area contributed by atoms with Crippen LogP contribution < -0.4 is 15.4 Å². The zero-order chi connectivity index (χ0) is 17.5. The fourth-order valence-corrected chi connectivity index (χ4v) is 2.44. The highest BCUT2D eigenvalue weighted by molar-refractivity contribution is 5.73. The second-order valence-electron chi connectivity index (χ2n) is 5.48. The van der Waals surface area contributed by atoms with Crippen LogP contribution in [0.4, 0.5) is 4.79 Å². The van der Waals surface area contributed by atoms with Gasteiger partial charge in [-0.2, -0.15) is 5.10 Å². The molecule has 2 aromatic carbocycles. The molecule has 3 rings (SSSR count). The van der Waals surface area contributed by atoms with E-state index < -0.39 is 0 Å². The number of amides is 2. The first kappa shape index (κ1) is 16.6. The van der Waals surface area contributed by atoms with Crippen LogP contribution in [-0.2, 0) is 13.1 Å². The lowest BCUT2D eigenvalue weighted by atomic mass is 10.2. The molecule has 0 bridgehead atoms. The Labute approximate surface area is 146 Å². The largest absolute Gasteiger partial charge is 0.496 e. The maximum atomic E-state index is 12.0. The Morgan fingerprint density at radius 2 is 1.76 bits per heavy atom. The van der Waals surface area contributed by atoms with Crippen molar-refractivity contribution in [1.82, 2.24) is 20.4 Å². The van der Waals surface area contributed by atoms with Crippen LogP contribution in [0.25, 0.3) is 5.69 Å². The number of methoxy groups -OCH3 is 1. The summed E-state index contributed by atoms with van der Waals surface area (Å²) in [4.78, 5) is 12.0. The number of aromatic nitrogens is 2. The van der Waals surface area contributed by atoms with Crippen LogP contribution in [0.2, 0.25) is 0 Å². The molecule has 6 heteroatoms. The molecule has 128 valence electrons. The SMILES string of the molecule is COc1ccccc1CNC(=O)NCc1cnn(-c2ccccc2)c1. The molecular weight excluding hydrogens is 316 g/mol. The van der Waals surface area contributed by atoms with E-state index in [4.69, 9.17) is 4.74 Å². The van der Waals surface area contributed by atoms with Gasteiger partial charge in [0.15, 0.2) is 0 Å². The molecule has 0 saturated heterocycles. The van der Waals surface area contributed by atoms with E-state index in [9.17, 15) is 4.79 Å². The summed E-state index contributed by atoms with van der Waals surface area (Å²) in [6, 6.07) is 17.2. The van der Waals surface area contributed by atoms with E-state index in [1.807, 2.05) is 60.8 Å². The predicted octanol–water partition coefficient (Wildman–Crippen LogP) is 2.88. The molecular formula is C19H20N4O2. The van der Waals surface area contributed by atoms with E-state index in [-0.39, 0.29) is 6.03 Å². The number of carbonyl (C=O) groups excluding carboxylic acids is 1. The average molecular weight is 336 g/mol. The van der Waals surface area contributed by atoms with Crippen molar-refractivity contribution in [3.05, 3.63) is 78.1 Å². The third-order valence-corrected chi connectivity index (χ3v) is 3.74. The molecule has 1 aromatic heterocycles. The molecule has 0 aliphatic heterocycles. The van der Waals surface area contributed by atoms with Gasteiger partial charge in [0.1, 0.15) is 5.75 Å². The smallest absolute Gasteiger partial charge is 0.315 e. The first-order valence-corrected chi connectivity index (χ1v) is 7.99. The topological polar surface area (TPSA) is 68.2 Å². The fourth-order valence-electron chi connectivity index (χ4n) is 2.44. The summed E-state index contributed by atoms with van der Waals surface area (Å²) in [5, 5.41) is 9.96. The van der Waals surface area contributed by atoms with Crippen LogP contribution >= 0.6 is 0 Å². The minimum absolute atomic E-state index is 0.238. The summed E-state index contributed by atoms with van der Waals surface area (Å²) in [7, 11) is 1.61. The number of hydrogen-bond donors (Lipinski definition) is 2. The number of rotatable bonds is 6. The van der Waals surface area contributed by atoms with Crippen molar-refractivity contribution in [2.24, 2.45) is 0 Å². The van der Waals surface area contributed by atoms with Gasteiger partial charge in [0, 0.05) is 30.4 Å². The van der Waals surface area contributed by atoms with Gasteiger partial charge < -0.3 is 15.4 Å². The van der Waals surface area contributed by atoms with Crippen molar-refractivity contribution in [2.45, 2.75) is 13.1 Å². The number of para-hydroxylation sites is 2. The third-order valence-electron chi connectivity index (χ3n) is 3.74. The Bertz CT molecular complexity index is 830. The number of nitrogens with zero attached hydrogens (tertiary/aromatic N) is 2. The lowest BCUT2D eigenvalue weighted by Crippen LogP contribution is -2.34. The number of benzene rings is 2. The number of urea groups is 1. The van der Waals surface area contributed by atoms with Crippen molar-refractivity contribution in [3.63, 3.8) is 0 Å². The van der Waals surface area contributed by atoms with E-state index >= 15 is 0 Å². The Morgan fingerprint density at radius 3 is 2.56 bits per heavy atom. The highest BCUT2D eigenvalue weighted by atomic mass is 16.5. The molecule has 1 heterocycles. The lowest BCUT2D eigenvalue weighted by molar-refractivity contribution is 0.240. The van der Waals surface area contributed by atoms with Gasteiger partial charge in [0.25, 0.3) is 0 Å². The minimum atomic E-state index is -0.238. The zero-order valence-electron chi connectivity index (χ0n) is 14.0. The van der Waals surface area contributed by atoms with Gasteiger partial charge in [-0.25, -0.2) is 9.48 Å². The third kappa shape index (κ3) is 4.38. The first-order valence-electron chi connectivity index (χ1n) is 7.99. The quantitative estimate of drug-likeness (QED) is 0.727. The number of carbonyl (C=O) groups is 1. The Morgan fingerprint density at radius 1 is 1.04 bits per heavy atom. The monoisotopic (exact) mass is 336 g/mol. The molecule has 3 aromatic rings. The highest BCUT2D eigenvalue weighted by Gasteiger charge is 2.06. The number of hydrogen-bond acceptors (Lipinski definition) is 3. The van der Waals surface area contributed by atoms with Gasteiger partial charge in [-0.3, -0.25) is 0 Å². The first-order chi connectivity index (χ1) is 12.3. The van der Waals surface area contributed by atoms with Gasteiger partial charge in [0.05, 0.1) is 19.0 Å². The molecule has 0 radical (unpaired) electrons. The van der Waals surface area contributed by atoms with Gasteiger partial charge in [-0.15, -0.1) is 0 Å². The molecule has 25 heavy (non-hydrogen) atoms. The van der Waals surface area contributed by atoms with Crippen LogP contribution in [0.1, 0.15) is 11.1 Å². The van der Waals surface area contributed by atoms with E-state index in [2.05, 4.69) is 15.7 Å². The van der Waals surface area contributed by atoms with Crippen LogP contribution in [-0.4, -0.2) is 22.9 Å². The Balaban J connectivity index is 1.50. The molecule has 0 aliphatic carbocycles.